The molecule has 8 heteroatoms. The average molecular weight is 378 g/mol. The first-order valence-corrected chi connectivity index (χ1v) is 8.98. The maximum atomic E-state index is 12.7. The highest BCUT2D eigenvalue weighted by Crippen LogP contribution is 2.26. The number of hydrogen-bond acceptors (Lipinski definition) is 4. The highest BCUT2D eigenvalue weighted by atomic mass is 35.5. The molecule has 0 spiro atoms. The minimum absolute atomic E-state index is 0.148. The number of nitrogens with zero attached hydrogens (tertiary/aromatic N) is 1. The number of rotatable bonds is 4. The van der Waals surface area contributed by atoms with Crippen LogP contribution in [0.3, 0.4) is 0 Å². The van der Waals surface area contributed by atoms with E-state index in [1.165, 1.54) is 29.5 Å². The lowest BCUT2D eigenvalue weighted by Gasteiger charge is -2.23. The van der Waals surface area contributed by atoms with Gasteiger partial charge in [0.15, 0.2) is 0 Å². The molecular weight excluding hydrogens is 362 g/mol. The summed E-state index contributed by atoms with van der Waals surface area (Å²) in [6.45, 7) is 0.532. The fraction of sp³-hybridized carbons (Fsp3) is 0.235. The van der Waals surface area contributed by atoms with E-state index in [1.54, 1.807) is 17.0 Å². The molecule has 6 nitrogen and oxygen atoms in total. The van der Waals surface area contributed by atoms with Gasteiger partial charge in [-0.2, -0.15) is 0 Å². The Morgan fingerprint density at radius 3 is 2.76 bits per heavy atom. The Morgan fingerprint density at radius 1 is 1.28 bits per heavy atom. The number of halogens is 1. The van der Waals surface area contributed by atoms with Crippen LogP contribution in [0.5, 0.6) is 0 Å². The van der Waals surface area contributed by atoms with E-state index in [-0.39, 0.29) is 17.4 Å². The van der Waals surface area contributed by atoms with Crippen LogP contribution in [-0.4, -0.2) is 35.2 Å². The number of primary amides is 1. The molecule has 2 aromatic rings. The lowest BCUT2D eigenvalue weighted by atomic mass is 10.1. The standard InChI is InChI=1S/C17H16ClN3O3S/c18-11-6-5-10(15(19)22)9-12(11)20-16(23)13-3-1-7-21(13)17(24)14-4-2-8-25-14/h2,4-6,8-9,13H,1,3,7H2,(H2,19,22)(H,20,23)/t13-/m0/s1. The smallest absolute Gasteiger partial charge is 0.264 e. The molecule has 3 N–H and O–H groups in total. The molecule has 25 heavy (non-hydrogen) atoms. The Hall–Kier alpha value is -2.38. The molecule has 0 bridgehead atoms. The Kier molecular flexibility index (Phi) is 5.06. The van der Waals surface area contributed by atoms with Crippen molar-refractivity contribution in [3.8, 4) is 0 Å². The maximum absolute atomic E-state index is 12.7. The van der Waals surface area contributed by atoms with E-state index in [2.05, 4.69) is 5.32 Å². The fourth-order valence-corrected chi connectivity index (χ4v) is 3.66. The number of anilines is 1. The van der Waals surface area contributed by atoms with Crippen molar-refractivity contribution in [2.45, 2.75) is 18.9 Å². The molecule has 0 saturated carbocycles. The summed E-state index contributed by atoms with van der Waals surface area (Å²) in [5.74, 6) is -1.09. The first-order valence-electron chi connectivity index (χ1n) is 7.72. The van der Waals surface area contributed by atoms with Gasteiger partial charge in [-0.25, -0.2) is 0 Å². The second kappa shape index (κ2) is 7.25. The quantitative estimate of drug-likeness (QED) is 0.857. The van der Waals surface area contributed by atoms with Crippen LogP contribution >= 0.6 is 22.9 Å². The van der Waals surface area contributed by atoms with Gasteiger partial charge in [0, 0.05) is 12.1 Å². The summed E-state index contributed by atoms with van der Waals surface area (Å²) in [7, 11) is 0. The summed E-state index contributed by atoms with van der Waals surface area (Å²) in [6.07, 6.45) is 1.33. The molecule has 0 unspecified atom stereocenters. The predicted molar refractivity (Wildman–Crippen MR) is 97.0 cm³/mol. The fourth-order valence-electron chi connectivity index (χ4n) is 2.81. The van der Waals surface area contributed by atoms with Gasteiger partial charge >= 0.3 is 0 Å². The van der Waals surface area contributed by atoms with Gasteiger partial charge in [0.1, 0.15) is 6.04 Å². The van der Waals surface area contributed by atoms with Gasteiger partial charge in [0.2, 0.25) is 11.8 Å². The molecular formula is C17H16ClN3O3S. The molecule has 1 atom stereocenters. The lowest BCUT2D eigenvalue weighted by Crippen LogP contribution is -2.43. The van der Waals surface area contributed by atoms with Crippen molar-refractivity contribution in [2.75, 3.05) is 11.9 Å². The highest BCUT2D eigenvalue weighted by molar-refractivity contribution is 7.12. The Labute approximate surface area is 153 Å². The van der Waals surface area contributed by atoms with Crippen LogP contribution in [0.25, 0.3) is 0 Å². The minimum Gasteiger partial charge on any atom is -0.366 e. The minimum atomic E-state index is -0.609. The van der Waals surface area contributed by atoms with E-state index in [4.69, 9.17) is 17.3 Å². The van der Waals surface area contributed by atoms with Gasteiger partial charge in [-0.1, -0.05) is 17.7 Å². The van der Waals surface area contributed by atoms with Crippen LogP contribution < -0.4 is 11.1 Å². The van der Waals surface area contributed by atoms with Crippen molar-refractivity contribution in [3.63, 3.8) is 0 Å². The predicted octanol–water partition coefficient (Wildman–Crippen LogP) is 2.74. The molecule has 1 aliphatic heterocycles. The number of thiophene rings is 1. The van der Waals surface area contributed by atoms with Crippen molar-refractivity contribution in [2.24, 2.45) is 5.73 Å². The monoisotopic (exact) mass is 377 g/mol. The lowest BCUT2D eigenvalue weighted by molar-refractivity contribution is -0.119. The molecule has 130 valence electrons. The molecule has 1 fully saturated rings. The van der Waals surface area contributed by atoms with Crippen LogP contribution in [0, 0.1) is 0 Å². The molecule has 0 radical (unpaired) electrons. The molecule has 1 aromatic heterocycles. The van der Waals surface area contributed by atoms with Crippen molar-refractivity contribution < 1.29 is 14.4 Å². The molecule has 1 saturated heterocycles. The Balaban J connectivity index is 1.77. The number of nitrogens with two attached hydrogens (primary N) is 1. The molecule has 2 heterocycles. The second-order valence-electron chi connectivity index (χ2n) is 5.68. The zero-order valence-corrected chi connectivity index (χ0v) is 14.8. The van der Waals surface area contributed by atoms with Crippen molar-refractivity contribution in [3.05, 3.63) is 51.2 Å². The van der Waals surface area contributed by atoms with Gasteiger partial charge in [-0.3, -0.25) is 14.4 Å². The SMILES string of the molecule is NC(=O)c1ccc(Cl)c(NC(=O)[C@@H]2CCCN2C(=O)c2cccs2)c1. The summed E-state index contributed by atoms with van der Waals surface area (Å²) in [5, 5.41) is 4.83. The summed E-state index contributed by atoms with van der Waals surface area (Å²) in [4.78, 5) is 38.7. The molecule has 3 amide bonds. The first kappa shape index (κ1) is 17.4. The highest BCUT2D eigenvalue weighted by Gasteiger charge is 2.35. The largest absolute Gasteiger partial charge is 0.366 e. The third-order valence-electron chi connectivity index (χ3n) is 4.06. The average Bonchev–Trinajstić information content (AvgIpc) is 3.27. The van der Waals surface area contributed by atoms with Gasteiger partial charge in [-0.15, -0.1) is 11.3 Å². The normalized spacial score (nSPS) is 16.7. The molecule has 0 aliphatic carbocycles. The summed E-state index contributed by atoms with van der Waals surface area (Å²) >= 11 is 7.43. The number of amides is 3. The summed E-state index contributed by atoms with van der Waals surface area (Å²) < 4.78 is 0. The van der Waals surface area contributed by atoms with E-state index in [1.807, 2.05) is 5.38 Å². The van der Waals surface area contributed by atoms with E-state index in [9.17, 15) is 14.4 Å². The van der Waals surface area contributed by atoms with Crippen molar-refractivity contribution in [1.29, 1.82) is 0 Å². The van der Waals surface area contributed by atoms with Gasteiger partial charge < -0.3 is 16.0 Å². The summed E-state index contributed by atoms with van der Waals surface area (Å²) in [5.41, 5.74) is 5.81. The maximum Gasteiger partial charge on any atom is 0.264 e. The number of nitrogens with one attached hydrogen (secondary N) is 1. The number of likely N-dealkylation sites (tertiary alicyclic amines) is 1. The summed E-state index contributed by atoms with van der Waals surface area (Å²) in [6, 6.07) is 7.40. The van der Waals surface area contributed by atoms with Crippen LogP contribution in [0.1, 0.15) is 32.9 Å². The van der Waals surface area contributed by atoms with E-state index in [0.717, 1.165) is 6.42 Å². The third kappa shape index (κ3) is 3.67. The topological polar surface area (TPSA) is 92.5 Å². The van der Waals surface area contributed by atoms with E-state index < -0.39 is 11.9 Å². The van der Waals surface area contributed by atoms with Gasteiger partial charge in [-0.05, 0) is 42.5 Å². The number of hydrogen-bond donors (Lipinski definition) is 2. The zero-order chi connectivity index (χ0) is 18.0. The third-order valence-corrected chi connectivity index (χ3v) is 5.24. The van der Waals surface area contributed by atoms with E-state index >= 15 is 0 Å². The van der Waals surface area contributed by atoms with Crippen LogP contribution in [-0.2, 0) is 4.79 Å². The second-order valence-corrected chi connectivity index (χ2v) is 7.04. The molecule has 3 rings (SSSR count). The number of carbonyl (C=O) groups is 3. The van der Waals surface area contributed by atoms with Crippen LogP contribution in [0.15, 0.2) is 35.7 Å². The Morgan fingerprint density at radius 2 is 2.08 bits per heavy atom. The van der Waals surface area contributed by atoms with Crippen molar-refractivity contribution >= 4 is 46.3 Å². The molecule has 1 aliphatic rings. The van der Waals surface area contributed by atoms with Crippen LogP contribution in [0.4, 0.5) is 5.69 Å². The van der Waals surface area contributed by atoms with Gasteiger partial charge in [0.05, 0.1) is 15.6 Å². The molecule has 1 aromatic carbocycles. The van der Waals surface area contributed by atoms with Gasteiger partial charge in [0.25, 0.3) is 5.91 Å². The van der Waals surface area contributed by atoms with E-state index in [0.29, 0.717) is 28.6 Å². The Bertz CT molecular complexity index is 823. The number of benzene rings is 1. The van der Waals surface area contributed by atoms with Crippen molar-refractivity contribution in [1.82, 2.24) is 4.90 Å². The number of carbonyl (C=O) groups excluding carboxylic acids is 3. The zero-order valence-electron chi connectivity index (χ0n) is 13.2. The van der Waals surface area contributed by atoms with Crippen LogP contribution in [0.2, 0.25) is 5.02 Å². The first-order chi connectivity index (χ1) is 12.0.